The Hall–Kier alpha value is -3.60. The van der Waals surface area contributed by atoms with Gasteiger partial charge in [0.15, 0.2) is 5.60 Å². The van der Waals surface area contributed by atoms with Crippen LogP contribution in [-0.2, 0) is 23.5 Å². The van der Waals surface area contributed by atoms with E-state index in [0.717, 1.165) is 11.1 Å². The third-order valence-corrected chi connectivity index (χ3v) is 6.13. The topological polar surface area (TPSA) is 49.8 Å². The number of benzene rings is 4. The number of halogens is 1. The van der Waals surface area contributed by atoms with E-state index in [1.807, 2.05) is 60.7 Å². The molecular weight excluding hydrogens is 434 g/mol. The van der Waals surface area contributed by atoms with Crippen molar-refractivity contribution in [2.75, 3.05) is 4.90 Å². The summed E-state index contributed by atoms with van der Waals surface area (Å²) < 4.78 is 5.86. The Kier molecular flexibility index (Phi) is 5.63. The maximum absolute atomic E-state index is 13.6. The predicted molar refractivity (Wildman–Crippen MR) is 129 cm³/mol. The summed E-state index contributed by atoms with van der Waals surface area (Å²) in [7, 11) is 0. The van der Waals surface area contributed by atoms with Crippen LogP contribution in [0.5, 0.6) is 5.75 Å². The summed E-state index contributed by atoms with van der Waals surface area (Å²) in [6.07, 6.45) is 0. The number of carbonyl (C=O) groups excluding carboxylic acids is 1. The van der Waals surface area contributed by atoms with E-state index in [4.69, 9.17) is 16.3 Å². The zero-order valence-corrected chi connectivity index (χ0v) is 18.6. The van der Waals surface area contributed by atoms with Gasteiger partial charge in [-0.05, 0) is 47.0 Å². The second-order valence-corrected chi connectivity index (χ2v) is 8.48. The summed E-state index contributed by atoms with van der Waals surface area (Å²) in [6.45, 7) is 0.793. The minimum Gasteiger partial charge on any atom is -0.489 e. The highest BCUT2D eigenvalue weighted by Crippen LogP contribution is 2.46. The van der Waals surface area contributed by atoms with E-state index >= 15 is 0 Å². The monoisotopic (exact) mass is 455 g/mol. The maximum Gasteiger partial charge on any atom is 0.268 e. The second-order valence-electron chi connectivity index (χ2n) is 8.05. The first-order valence-electron chi connectivity index (χ1n) is 10.7. The van der Waals surface area contributed by atoms with Gasteiger partial charge in [0, 0.05) is 10.6 Å². The van der Waals surface area contributed by atoms with Crippen molar-refractivity contribution in [3.63, 3.8) is 0 Å². The van der Waals surface area contributed by atoms with Crippen LogP contribution in [0.1, 0.15) is 22.3 Å². The molecule has 4 aromatic carbocycles. The molecule has 1 N–H and O–H groups in total. The molecule has 5 heteroatoms. The molecule has 1 unspecified atom stereocenters. The fraction of sp³-hybridized carbons (Fsp3) is 0.107. The van der Waals surface area contributed by atoms with Crippen LogP contribution in [-0.4, -0.2) is 11.0 Å². The van der Waals surface area contributed by atoms with Gasteiger partial charge in [-0.3, -0.25) is 4.79 Å². The number of hydrogen-bond donors (Lipinski definition) is 1. The molecule has 1 aliphatic rings. The maximum atomic E-state index is 13.6. The van der Waals surface area contributed by atoms with Crippen LogP contribution in [0.15, 0.2) is 103 Å². The quantitative estimate of drug-likeness (QED) is 0.405. The van der Waals surface area contributed by atoms with E-state index in [1.165, 1.54) is 0 Å². The van der Waals surface area contributed by atoms with Gasteiger partial charge in [-0.1, -0.05) is 84.4 Å². The third kappa shape index (κ3) is 3.99. The van der Waals surface area contributed by atoms with Gasteiger partial charge < -0.3 is 14.7 Å². The molecule has 33 heavy (non-hydrogen) atoms. The molecule has 0 saturated carbocycles. The molecule has 0 saturated heterocycles. The molecule has 5 rings (SSSR count). The normalized spacial score (nSPS) is 17.2. The number of anilines is 1. The zero-order chi connectivity index (χ0) is 22.8. The predicted octanol–water partition coefficient (Wildman–Crippen LogP) is 5.70. The molecular formula is C28H22ClNO3. The molecule has 1 amide bonds. The van der Waals surface area contributed by atoms with Crippen molar-refractivity contribution in [1.29, 1.82) is 0 Å². The zero-order valence-electron chi connectivity index (χ0n) is 17.8. The van der Waals surface area contributed by atoms with Gasteiger partial charge in [0.05, 0.1) is 12.2 Å². The fourth-order valence-electron chi connectivity index (χ4n) is 4.19. The van der Waals surface area contributed by atoms with E-state index in [2.05, 4.69) is 0 Å². The van der Waals surface area contributed by atoms with Gasteiger partial charge in [0.2, 0.25) is 0 Å². The first kappa shape index (κ1) is 21.3. The Morgan fingerprint density at radius 3 is 2.12 bits per heavy atom. The Bertz CT molecular complexity index is 1280. The smallest absolute Gasteiger partial charge is 0.268 e. The van der Waals surface area contributed by atoms with Crippen molar-refractivity contribution in [3.05, 3.63) is 130 Å². The lowest BCUT2D eigenvalue weighted by atomic mass is 9.87. The van der Waals surface area contributed by atoms with Crippen LogP contribution >= 0.6 is 11.6 Å². The van der Waals surface area contributed by atoms with Crippen molar-refractivity contribution < 1.29 is 14.6 Å². The number of ether oxygens (including phenoxy) is 1. The van der Waals surface area contributed by atoms with Crippen LogP contribution in [0.2, 0.25) is 5.02 Å². The second kappa shape index (κ2) is 8.74. The third-order valence-electron chi connectivity index (χ3n) is 5.90. The van der Waals surface area contributed by atoms with Gasteiger partial charge >= 0.3 is 0 Å². The molecule has 0 bridgehead atoms. The van der Waals surface area contributed by atoms with Gasteiger partial charge in [0.1, 0.15) is 12.4 Å². The molecule has 4 nitrogen and oxygen atoms in total. The van der Waals surface area contributed by atoms with Crippen molar-refractivity contribution in [3.8, 4) is 5.75 Å². The number of aliphatic hydroxyl groups is 1. The Balaban J connectivity index is 1.45. The summed E-state index contributed by atoms with van der Waals surface area (Å²) >= 11 is 6.26. The molecule has 0 spiro atoms. The van der Waals surface area contributed by atoms with E-state index in [9.17, 15) is 9.90 Å². The van der Waals surface area contributed by atoms with Crippen LogP contribution < -0.4 is 9.64 Å². The minimum atomic E-state index is -1.83. The molecule has 0 aliphatic carbocycles. The lowest BCUT2D eigenvalue weighted by Gasteiger charge is -2.24. The molecule has 1 aliphatic heterocycles. The Morgan fingerprint density at radius 1 is 0.818 bits per heavy atom. The number of carbonyl (C=O) groups is 1. The van der Waals surface area contributed by atoms with E-state index in [0.29, 0.717) is 40.7 Å². The van der Waals surface area contributed by atoms with Gasteiger partial charge in [-0.15, -0.1) is 0 Å². The summed E-state index contributed by atoms with van der Waals surface area (Å²) in [5.41, 5.74) is 1.81. The Labute approximate surface area is 197 Å². The van der Waals surface area contributed by atoms with Gasteiger partial charge in [-0.2, -0.15) is 0 Å². The van der Waals surface area contributed by atoms with E-state index in [1.54, 1.807) is 47.4 Å². The number of amides is 1. The average molecular weight is 456 g/mol. The van der Waals surface area contributed by atoms with Crippen molar-refractivity contribution >= 4 is 23.2 Å². The average Bonchev–Trinajstić information content (AvgIpc) is 3.06. The van der Waals surface area contributed by atoms with Crippen LogP contribution in [0.3, 0.4) is 0 Å². The summed E-state index contributed by atoms with van der Waals surface area (Å²) in [6, 6.07) is 31.8. The van der Waals surface area contributed by atoms with Gasteiger partial charge in [-0.25, -0.2) is 0 Å². The first-order chi connectivity index (χ1) is 16.1. The largest absolute Gasteiger partial charge is 0.489 e. The summed E-state index contributed by atoms with van der Waals surface area (Å²) in [4.78, 5) is 15.2. The molecule has 0 aromatic heterocycles. The van der Waals surface area contributed by atoms with Crippen LogP contribution in [0.25, 0.3) is 0 Å². The molecule has 164 valence electrons. The lowest BCUT2D eigenvalue weighted by molar-refractivity contribution is -0.132. The van der Waals surface area contributed by atoms with E-state index in [-0.39, 0.29) is 0 Å². The highest BCUT2D eigenvalue weighted by Gasteiger charge is 2.51. The standard InChI is InChI=1S/C28H22ClNO3/c29-23-13-16-26-25(17-23)28(32,27(31)30(26)18-20-7-3-1-4-8-20)22-11-14-24(15-12-22)33-19-21-9-5-2-6-10-21/h1-17,32H,18-19H2. The number of nitrogens with zero attached hydrogens (tertiary/aromatic N) is 1. The minimum absolute atomic E-state index is 0.356. The van der Waals surface area contributed by atoms with Gasteiger partial charge in [0.25, 0.3) is 5.91 Å². The lowest BCUT2D eigenvalue weighted by Crippen LogP contribution is -2.40. The highest BCUT2D eigenvalue weighted by molar-refractivity contribution is 6.31. The molecule has 0 fully saturated rings. The molecule has 1 atom stereocenters. The van der Waals surface area contributed by atoms with Crippen LogP contribution in [0, 0.1) is 0 Å². The molecule has 1 heterocycles. The number of hydrogen-bond acceptors (Lipinski definition) is 3. The SMILES string of the molecule is O=C1N(Cc2ccccc2)c2ccc(Cl)cc2C1(O)c1ccc(OCc2ccccc2)cc1. The highest BCUT2D eigenvalue weighted by atomic mass is 35.5. The number of fused-ring (bicyclic) bond motifs is 1. The fourth-order valence-corrected chi connectivity index (χ4v) is 4.36. The summed E-state index contributed by atoms with van der Waals surface area (Å²) in [5, 5.41) is 12.2. The summed E-state index contributed by atoms with van der Waals surface area (Å²) in [5.74, 6) is 0.255. The molecule has 4 aromatic rings. The first-order valence-corrected chi connectivity index (χ1v) is 11.1. The van der Waals surface area contributed by atoms with Crippen LogP contribution in [0.4, 0.5) is 5.69 Å². The Morgan fingerprint density at radius 2 is 1.45 bits per heavy atom. The van der Waals surface area contributed by atoms with Crippen molar-refractivity contribution in [2.45, 2.75) is 18.8 Å². The molecule has 0 radical (unpaired) electrons. The van der Waals surface area contributed by atoms with Crippen molar-refractivity contribution in [1.82, 2.24) is 0 Å². The van der Waals surface area contributed by atoms with Crippen molar-refractivity contribution in [2.24, 2.45) is 0 Å². The van der Waals surface area contributed by atoms with E-state index < -0.39 is 11.5 Å². The number of rotatable bonds is 6.